The highest BCUT2D eigenvalue weighted by atomic mass is 15.3. The van der Waals surface area contributed by atoms with E-state index in [9.17, 15) is 0 Å². The van der Waals surface area contributed by atoms with E-state index in [1.807, 2.05) is 19.2 Å². The first kappa shape index (κ1) is 12.1. The maximum absolute atomic E-state index is 4.56. The van der Waals surface area contributed by atoms with Crippen molar-refractivity contribution in [1.82, 2.24) is 15.3 Å². The molecule has 1 unspecified atom stereocenters. The van der Waals surface area contributed by atoms with Gasteiger partial charge in [-0.15, -0.1) is 0 Å². The summed E-state index contributed by atoms with van der Waals surface area (Å²) in [6.45, 7) is 4.85. The molecule has 0 saturated carbocycles. The lowest BCUT2D eigenvalue weighted by atomic mass is 10.0. The Labute approximate surface area is 113 Å². The van der Waals surface area contributed by atoms with Crippen LogP contribution in [0, 0.1) is 6.92 Å². The number of piperazine rings is 1. The minimum Gasteiger partial charge on any atom is -0.347 e. The Hall–Kier alpha value is -1.94. The van der Waals surface area contributed by atoms with E-state index in [2.05, 4.69) is 50.5 Å². The van der Waals surface area contributed by atoms with Gasteiger partial charge in [0.05, 0.1) is 6.04 Å². The minimum absolute atomic E-state index is 0.337. The normalized spacial score (nSPS) is 19.4. The van der Waals surface area contributed by atoms with Crippen LogP contribution in [0.4, 0.5) is 5.82 Å². The summed E-state index contributed by atoms with van der Waals surface area (Å²) >= 11 is 0. The van der Waals surface area contributed by atoms with Crippen molar-refractivity contribution in [3.63, 3.8) is 0 Å². The van der Waals surface area contributed by atoms with E-state index in [4.69, 9.17) is 0 Å². The summed E-state index contributed by atoms with van der Waals surface area (Å²) in [5, 5.41) is 3.46. The van der Waals surface area contributed by atoms with Crippen molar-refractivity contribution in [2.24, 2.45) is 0 Å². The van der Waals surface area contributed by atoms with E-state index < -0.39 is 0 Å². The Kier molecular flexibility index (Phi) is 3.42. The van der Waals surface area contributed by atoms with Crippen LogP contribution in [0.1, 0.15) is 17.4 Å². The first-order chi connectivity index (χ1) is 9.34. The number of anilines is 1. The predicted octanol–water partition coefficient (Wildman–Crippen LogP) is 1.94. The third-order valence-electron chi connectivity index (χ3n) is 3.48. The molecule has 1 aliphatic heterocycles. The molecule has 1 aromatic carbocycles. The van der Waals surface area contributed by atoms with Gasteiger partial charge in [0.1, 0.15) is 11.6 Å². The van der Waals surface area contributed by atoms with Crippen LogP contribution in [0.5, 0.6) is 0 Å². The monoisotopic (exact) mass is 254 g/mol. The summed E-state index contributed by atoms with van der Waals surface area (Å²) in [4.78, 5) is 11.1. The van der Waals surface area contributed by atoms with Gasteiger partial charge < -0.3 is 10.2 Å². The number of aryl methyl sites for hydroxylation is 1. The first-order valence-electron chi connectivity index (χ1n) is 6.66. The largest absolute Gasteiger partial charge is 0.347 e. The topological polar surface area (TPSA) is 41.1 Å². The van der Waals surface area contributed by atoms with Crippen molar-refractivity contribution in [2.75, 3.05) is 24.5 Å². The molecule has 1 fully saturated rings. The van der Waals surface area contributed by atoms with Crippen molar-refractivity contribution in [1.29, 1.82) is 0 Å². The van der Waals surface area contributed by atoms with Crippen LogP contribution in [0.3, 0.4) is 0 Å². The number of hydrogen-bond donors (Lipinski definition) is 1. The number of rotatable bonds is 2. The highest BCUT2D eigenvalue weighted by molar-refractivity contribution is 5.43. The molecule has 98 valence electrons. The van der Waals surface area contributed by atoms with Gasteiger partial charge in [-0.3, -0.25) is 0 Å². The molecule has 4 heteroatoms. The average molecular weight is 254 g/mol. The van der Waals surface area contributed by atoms with Gasteiger partial charge in [-0.05, 0) is 18.6 Å². The lowest BCUT2D eigenvalue weighted by molar-refractivity contribution is 0.485. The Bertz CT molecular complexity index is 541. The minimum atomic E-state index is 0.337. The highest BCUT2D eigenvalue weighted by Gasteiger charge is 2.24. The lowest BCUT2D eigenvalue weighted by Crippen LogP contribution is -2.46. The fraction of sp³-hybridized carbons (Fsp3) is 0.333. The third kappa shape index (κ3) is 2.58. The lowest BCUT2D eigenvalue weighted by Gasteiger charge is -2.37. The summed E-state index contributed by atoms with van der Waals surface area (Å²) in [7, 11) is 0. The first-order valence-corrected chi connectivity index (χ1v) is 6.66. The van der Waals surface area contributed by atoms with Gasteiger partial charge in [0.25, 0.3) is 0 Å². The molecule has 4 nitrogen and oxygen atoms in total. The summed E-state index contributed by atoms with van der Waals surface area (Å²) in [5.41, 5.74) is 1.32. The molecule has 0 amide bonds. The van der Waals surface area contributed by atoms with Crippen LogP contribution in [0.2, 0.25) is 0 Å². The molecule has 1 N–H and O–H groups in total. The van der Waals surface area contributed by atoms with E-state index in [1.165, 1.54) is 5.56 Å². The molecular formula is C15H18N4. The third-order valence-corrected chi connectivity index (χ3v) is 3.48. The van der Waals surface area contributed by atoms with E-state index in [0.717, 1.165) is 31.3 Å². The van der Waals surface area contributed by atoms with Gasteiger partial charge in [0.2, 0.25) is 0 Å². The second-order valence-corrected chi connectivity index (χ2v) is 4.79. The Morgan fingerprint density at radius 3 is 2.84 bits per heavy atom. The highest BCUT2D eigenvalue weighted by Crippen LogP contribution is 2.26. The summed E-state index contributed by atoms with van der Waals surface area (Å²) < 4.78 is 0. The Morgan fingerprint density at radius 1 is 1.21 bits per heavy atom. The van der Waals surface area contributed by atoms with Gasteiger partial charge in [0.15, 0.2) is 0 Å². The van der Waals surface area contributed by atoms with Gasteiger partial charge >= 0.3 is 0 Å². The molecular weight excluding hydrogens is 236 g/mol. The van der Waals surface area contributed by atoms with E-state index in [1.54, 1.807) is 0 Å². The molecule has 1 atom stereocenters. The number of nitrogens with zero attached hydrogens (tertiary/aromatic N) is 3. The summed E-state index contributed by atoms with van der Waals surface area (Å²) in [6.07, 6.45) is 1.84. The van der Waals surface area contributed by atoms with Crippen molar-refractivity contribution >= 4 is 5.82 Å². The molecule has 2 aromatic rings. The van der Waals surface area contributed by atoms with E-state index in [0.29, 0.717) is 6.04 Å². The average Bonchev–Trinajstić information content (AvgIpc) is 2.48. The van der Waals surface area contributed by atoms with Gasteiger partial charge in [0, 0.05) is 25.8 Å². The van der Waals surface area contributed by atoms with Gasteiger partial charge in [-0.25, -0.2) is 9.97 Å². The maximum Gasteiger partial charge on any atom is 0.132 e. The molecule has 0 bridgehead atoms. The van der Waals surface area contributed by atoms with Crippen LogP contribution in [0.25, 0.3) is 0 Å². The SMILES string of the molecule is Cc1nccc(N2CCNCC2c2ccccc2)n1. The number of benzene rings is 1. The molecule has 0 spiro atoms. The predicted molar refractivity (Wildman–Crippen MR) is 76.2 cm³/mol. The number of nitrogens with one attached hydrogen (secondary N) is 1. The van der Waals surface area contributed by atoms with Gasteiger partial charge in [-0.2, -0.15) is 0 Å². The quantitative estimate of drug-likeness (QED) is 0.889. The molecule has 1 aromatic heterocycles. The van der Waals surface area contributed by atoms with Crippen molar-refractivity contribution in [3.8, 4) is 0 Å². The zero-order valence-electron chi connectivity index (χ0n) is 11.1. The van der Waals surface area contributed by atoms with Crippen molar-refractivity contribution in [2.45, 2.75) is 13.0 Å². The van der Waals surface area contributed by atoms with Crippen LogP contribution in [0.15, 0.2) is 42.6 Å². The van der Waals surface area contributed by atoms with Crippen molar-refractivity contribution in [3.05, 3.63) is 54.0 Å². The molecule has 3 rings (SSSR count). The fourth-order valence-electron chi connectivity index (χ4n) is 2.56. The molecule has 19 heavy (non-hydrogen) atoms. The van der Waals surface area contributed by atoms with E-state index in [-0.39, 0.29) is 0 Å². The smallest absolute Gasteiger partial charge is 0.132 e. The number of hydrogen-bond acceptors (Lipinski definition) is 4. The van der Waals surface area contributed by atoms with Crippen LogP contribution < -0.4 is 10.2 Å². The van der Waals surface area contributed by atoms with Crippen LogP contribution in [-0.2, 0) is 0 Å². The maximum atomic E-state index is 4.56. The fourth-order valence-corrected chi connectivity index (χ4v) is 2.56. The van der Waals surface area contributed by atoms with Crippen LogP contribution >= 0.6 is 0 Å². The van der Waals surface area contributed by atoms with E-state index >= 15 is 0 Å². The molecule has 1 aliphatic rings. The number of aromatic nitrogens is 2. The molecule has 0 radical (unpaired) electrons. The molecule has 1 saturated heterocycles. The van der Waals surface area contributed by atoms with Crippen LogP contribution in [-0.4, -0.2) is 29.6 Å². The van der Waals surface area contributed by atoms with Crippen molar-refractivity contribution < 1.29 is 0 Å². The summed E-state index contributed by atoms with van der Waals surface area (Å²) in [6, 6.07) is 12.9. The standard InChI is InChI=1S/C15H18N4/c1-12-17-8-7-15(18-12)19-10-9-16-11-14(19)13-5-3-2-4-6-13/h2-8,14,16H,9-11H2,1H3. The summed E-state index contributed by atoms with van der Waals surface area (Å²) in [5.74, 6) is 1.84. The Morgan fingerprint density at radius 2 is 2.05 bits per heavy atom. The molecule has 2 heterocycles. The zero-order valence-corrected chi connectivity index (χ0v) is 11.1. The Balaban J connectivity index is 1.93. The molecule has 0 aliphatic carbocycles. The zero-order chi connectivity index (χ0) is 13.1. The second-order valence-electron chi connectivity index (χ2n) is 4.79. The van der Waals surface area contributed by atoms with Gasteiger partial charge in [-0.1, -0.05) is 30.3 Å². The second kappa shape index (κ2) is 5.36.